The van der Waals surface area contributed by atoms with Crippen LogP contribution in [0.5, 0.6) is 5.75 Å². The lowest BCUT2D eigenvalue weighted by Gasteiger charge is -2.10. The first-order valence-electron chi connectivity index (χ1n) is 4.66. The number of benzene rings is 1. The first-order valence-corrected chi connectivity index (χ1v) is 4.66. The summed E-state index contributed by atoms with van der Waals surface area (Å²) in [4.78, 5) is 11.1. The Morgan fingerprint density at radius 3 is 2.80 bits per heavy atom. The molecule has 82 valence electrons. The number of hydrogen-bond donors (Lipinski definition) is 2. The van der Waals surface area contributed by atoms with Gasteiger partial charge >= 0.3 is 5.97 Å². The largest absolute Gasteiger partial charge is 0.508 e. The van der Waals surface area contributed by atoms with Crippen LogP contribution in [0.25, 0.3) is 0 Å². The van der Waals surface area contributed by atoms with Crippen LogP contribution in [0.1, 0.15) is 11.1 Å². The van der Waals surface area contributed by atoms with Gasteiger partial charge in [0, 0.05) is 6.42 Å². The lowest BCUT2D eigenvalue weighted by atomic mass is 10.0. The first kappa shape index (κ1) is 11.5. The molecule has 1 aromatic carbocycles. The molecule has 0 radical (unpaired) electrons. The number of ether oxygens (including phenoxy) is 1. The predicted octanol–water partition coefficient (Wildman–Crippen LogP) is 0.743. The van der Waals surface area contributed by atoms with Crippen molar-refractivity contribution in [2.75, 3.05) is 7.11 Å². The molecule has 0 amide bonds. The second-order valence-corrected chi connectivity index (χ2v) is 3.47. The van der Waals surface area contributed by atoms with E-state index in [1.807, 2.05) is 13.0 Å². The Morgan fingerprint density at radius 2 is 2.27 bits per heavy atom. The molecule has 1 aromatic rings. The van der Waals surface area contributed by atoms with Crippen LogP contribution in [0.3, 0.4) is 0 Å². The van der Waals surface area contributed by atoms with Crippen molar-refractivity contribution in [3.05, 3.63) is 29.3 Å². The number of methoxy groups -OCH3 is 1. The van der Waals surface area contributed by atoms with E-state index >= 15 is 0 Å². The van der Waals surface area contributed by atoms with Crippen LogP contribution in [-0.4, -0.2) is 24.2 Å². The molecule has 0 aliphatic rings. The van der Waals surface area contributed by atoms with Crippen LogP contribution >= 0.6 is 0 Å². The third-order valence-electron chi connectivity index (χ3n) is 2.18. The van der Waals surface area contributed by atoms with E-state index in [0.717, 1.165) is 5.56 Å². The molecule has 0 aliphatic heterocycles. The summed E-state index contributed by atoms with van der Waals surface area (Å²) >= 11 is 0. The second-order valence-electron chi connectivity index (χ2n) is 3.47. The number of phenolic OH excluding ortho intramolecular Hbond substituents is 1. The molecule has 4 heteroatoms. The molecule has 1 unspecified atom stereocenters. The van der Waals surface area contributed by atoms with Gasteiger partial charge in [0.25, 0.3) is 0 Å². The van der Waals surface area contributed by atoms with Crippen molar-refractivity contribution in [1.29, 1.82) is 0 Å². The van der Waals surface area contributed by atoms with Crippen molar-refractivity contribution in [3.8, 4) is 5.75 Å². The van der Waals surface area contributed by atoms with Gasteiger partial charge in [0.05, 0.1) is 7.11 Å². The van der Waals surface area contributed by atoms with Gasteiger partial charge in [0.1, 0.15) is 11.8 Å². The summed E-state index contributed by atoms with van der Waals surface area (Å²) in [6, 6.07) is 4.52. The second kappa shape index (κ2) is 4.79. The molecular weight excluding hydrogens is 194 g/mol. The standard InChI is InChI=1S/C11H15NO3/c1-7-3-4-8(10(13)5-7)6-9(12)11(14)15-2/h3-5,9,13H,6,12H2,1-2H3. The zero-order chi connectivity index (χ0) is 11.4. The minimum atomic E-state index is -0.733. The Kier molecular flexibility index (Phi) is 3.68. The van der Waals surface area contributed by atoms with E-state index in [2.05, 4.69) is 4.74 Å². The van der Waals surface area contributed by atoms with Crippen LogP contribution in [-0.2, 0) is 16.0 Å². The van der Waals surface area contributed by atoms with E-state index in [0.29, 0.717) is 5.56 Å². The summed E-state index contributed by atoms with van der Waals surface area (Å²) in [5, 5.41) is 9.59. The quantitative estimate of drug-likeness (QED) is 0.720. The van der Waals surface area contributed by atoms with Gasteiger partial charge < -0.3 is 15.6 Å². The molecule has 0 bridgehead atoms. The zero-order valence-electron chi connectivity index (χ0n) is 8.86. The van der Waals surface area contributed by atoms with E-state index in [-0.39, 0.29) is 12.2 Å². The fourth-order valence-corrected chi connectivity index (χ4v) is 1.32. The minimum absolute atomic E-state index is 0.161. The van der Waals surface area contributed by atoms with E-state index in [4.69, 9.17) is 5.73 Å². The molecule has 15 heavy (non-hydrogen) atoms. The summed E-state index contributed by atoms with van der Waals surface area (Å²) in [6.07, 6.45) is 0.277. The van der Waals surface area contributed by atoms with Crippen LogP contribution in [0.2, 0.25) is 0 Å². The van der Waals surface area contributed by atoms with Crippen molar-refractivity contribution >= 4 is 5.97 Å². The molecule has 1 rings (SSSR count). The fourth-order valence-electron chi connectivity index (χ4n) is 1.32. The van der Waals surface area contributed by atoms with Gasteiger partial charge in [-0.2, -0.15) is 0 Å². The monoisotopic (exact) mass is 209 g/mol. The summed E-state index contributed by atoms with van der Waals surface area (Å²) in [6.45, 7) is 1.88. The topological polar surface area (TPSA) is 72.5 Å². The highest BCUT2D eigenvalue weighted by atomic mass is 16.5. The third kappa shape index (κ3) is 2.95. The molecule has 0 saturated carbocycles. The van der Waals surface area contributed by atoms with Gasteiger partial charge in [-0.15, -0.1) is 0 Å². The van der Waals surface area contributed by atoms with E-state index in [1.165, 1.54) is 7.11 Å². The zero-order valence-corrected chi connectivity index (χ0v) is 8.86. The predicted molar refractivity (Wildman–Crippen MR) is 56.5 cm³/mol. The van der Waals surface area contributed by atoms with Gasteiger partial charge in [-0.3, -0.25) is 4.79 Å². The smallest absolute Gasteiger partial charge is 0.322 e. The van der Waals surface area contributed by atoms with Crippen molar-refractivity contribution in [1.82, 2.24) is 0 Å². The number of rotatable bonds is 3. The lowest BCUT2D eigenvalue weighted by molar-refractivity contribution is -0.142. The molecule has 0 saturated heterocycles. The summed E-state index contributed by atoms with van der Waals surface area (Å²) in [7, 11) is 1.29. The van der Waals surface area contributed by atoms with Crippen LogP contribution < -0.4 is 5.73 Å². The number of nitrogens with two attached hydrogens (primary N) is 1. The van der Waals surface area contributed by atoms with Gasteiger partial charge in [-0.1, -0.05) is 12.1 Å². The Morgan fingerprint density at radius 1 is 1.60 bits per heavy atom. The van der Waals surface area contributed by atoms with Gasteiger partial charge in [-0.25, -0.2) is 0 Å². The highest BCUT2D eigenvalue weighted by molar-refractivity contribution is 5.75. The van der Waals surface area contributed by atoms with Gasteiger partial charge in [0.15, 0.2) is 0 Å². The average molecular weight is 209 g/mol. The van der Waals surface area contributed by atoms with E-state index in [9.17, 15) is 9.90 Å². The van der Waals surface area contributed by atoms with Crippen molar-refractivity contribution in [2.45, 2.75) is 19.4 Å². The molecular formula is C11H15NO3. The maximum absolute atomic E-state index is 11.1. The molecule has 4 nitrogen and oxygen atoms in total. The SMILES string of the molecule is COC(=O)C(N)Cc1ccc(C)cc1O. The molecule has 0 aliphatic carbocycles. The fraction of sp³-hybridized carbons (Fsp3) is 0.364. The minimum Gasteiger partial charge on any atom is -0.508 e. The average Bonchev–Trinajstić information content (AvgIpc) is 2.20. The summed E-state index contributed by atoms with van der Waals surface area (Å²) in [5.41, 5.74) is 7.19. The molecule has 0 heterocycles. The molecule has 0 fully saturated rings. The molecule has 0 aromatic heterocycles. The lowest BCUT2D eigenvalue weighted by Crippen LogP contribution is -2.33. The Balaban J connectivity index is 2.76. The Bertz CT molecular complexity index is 363. The van der Waals surface area contributed by atoms with Crippen molar-refractivity contribution in [3.63, 3.8) is 0 Å². The Labute approximate surface area is 88.7 Å². The number of carbonyl (C=O) groups excluding carboxylic acids is 1. The van der Waals surface area contributed by atoms with Crippen LogP contribution in [0, 0.1) is 6.92 Å². The maximum atomic E-state index is 11.1. The van der Waals surface area contributed by atoms with Crippen LogP contribution in [0.15, 0.2) is 18.2 Å². The third-order valence-corrected chi connectivity index (χ3v) is 2.18. The van der Waals surface area contributed by atoms with Crippen molar-refractivity contribution in [2.24, 2.45) is 5.73 Å². The number of aryl methyl sites for hydroxylation is 1. The summed E-state index contributed by atoms with van der Waals surface area (Å²) in [5.74, 6) is -0.315. The maximum Gasteiger partial charge on any atom is 0.322 e. The normalized spacial score (nSPS) is 12.2. The van der Waals surface area contributed by atoms with E-state index in [1.54, 1.807) is 12.1 Å². The molecule has 1 atom stereocenters. The molecule has 3 N–H and O–H groups in total. The highest BCUT2D eigenvalue weighted by Gasteiger charge is 2.15. The Hall–Kier alpha value is -1.55. The van der Waals surface area contributed by atoms with Gasteiger partial charge in [0.2, 0.25) is 0 Å². The summed E-state index contributed by atoms with van der Waals surface area (Å²) < 4.78 is 4.50. The highest BCUT2D eigenvalue weighted by Crippen LogP contribution is 2.19. The van der Waals surface area contributed by atoms with E-state index < -0.39 is 12.0 Å². The number of aromatic hydroxyl groups is 1. The number of phenols is 1. The van der Waals surface area contributed by atoms with Crippen molar-refractivity contribution < 1.29 is 14.6 Å². The number of esters is 1. The molecule has 0 spiro atoms. The first-order chi connectivity index (χ1) is 7.04. The van der Waals surface area contributed by atoms with Gasteiger partial charge in [-0.05, 0) is 24.1 Å². The number of carbonyl (C=O) groups is 1. The number of hydrogen-bond acceptors (Lipinski definition) is 4. The van der Waals surface area contributed by atoms with Crippen LogP contribution in [0.4, 0.5) is 0 Å².